The third-order valence-electron chi connectivity index (χ3n) is 3.78. The van der Waals surface area contributed by atoms with Gasteiger partial charge in [-0.1, -0.05) is 89.3 Å². The zero-order chi connectivity index (χ0) is 15.4. The topological polar surface area (TPSA) is 3.24 Å². The van der Waals surface area contributed by atoms with Gasteiger partial charge in [0, 0.05) is 28.8 Å². The lowest BCUT2D eigenvalue weighted by Gasteiger charge is -2.32. The van der Waals surface area contributed by atoms with Gasteiger partial charge in [-0.2, -0.15) is 0 Å². The largest absolute Gasteiger partial charge is 0.362 e. The highest BCUT2D eigenvalue weighted by atomic mass is 79.9. The number of fused-ring (bicyclic) bond motifs is 3. The van der Waals surface area contributed by atoms with Crippen molar-refractivity contribution in [3.63, 3.8) is 0 Å². The van der Waals surface area contributed by atoms with Gasteiger partial charge in [-0.05, 0) is 17.2 Å². The van der Waals surface area contributed by atoms with Gasteiger partial charge in [-0.25, -0.2) is 0 Å². The molecule has 1 heterocycles. The molecule has 0 fully saturated rings. The van der Waals surface area contributed by atoms with Gasteiger partial charge in [0.2, 0.25) is 0 Å². The number of rotatable bonds is 4. The van der Waals surface area contributed by atoms with E-state index in [4.69, 9.17) is 0 Å². The predicted molar refractivity (Wildman–Crippen MR) is 99.3 cm³/mol. The third-order valence-corrected chi connectivity index (χ3v) is 4.29. The molecule has 0 N–H and O–H groups in total. The minimum absolute atomic E-state index is 0.854. The normalized spacial score (nSPS) is 13.9. The van der Waals surface area contributed by atoms with E-state index in [1.54, 1.807) is 6.08 Å². The Hall–Kier alpha value is -2.06. The Labute approximate surface area is 140 Å². The molecule has 0 unspecified atom stereocenters. The Kier molecular flexibility index (Phi) is 4.59. The molecule has 0 aromatic heterocycles. The second-order valence-electron chi connectivity index (χ2n) is 5.26. The summed E-state index contributed by atoms with van der Waals surface area (Å²) >= 11 is 3.67. The Morgan fingerprint density at radius 3 is 2.59 bits per heavy atom. The number of benzene rings is 2. The summed E-state index contributed by atoms with van der Waals surface area (Å²) in [4.78, 5) is 2.40. The maximum atomic E-state index is 3.69. The maximum Gasteiger partial charge on any atom is 0.0499 e. The van der Waals surface area contributed by atoms with Gasteiger partial charge in [0.25, 0.3) is 0 Å². The van der Waals surface area contributed by atoms with Crippen molar-refractivity contribution in [2.75, 3.05) is 11.4 Å². The first-order chi connectivity index (χ1) is 10.8. The summed E-state index contributed by atoms with van der Waals surface area (Å²) in [7, 11) is 0. The molecule has 3 rings (SSSR count). The van der Waals surface area contributed by atoms with Gasteiger partial charge in [0.05, 0.1) is 0 Å². The van der Waals surface area contributed by atoms with E-state index >= 15 is 0 Å². The zero-order valence-electron chi connectivity index (χ0n) is 12.4. The molecular formula is C20H18BrN. The Bertz CT molecular complexity index is 743. The molecule has 0 atom stereocenters. The van der Waals surface area contributed by atoms with Crippen molar-refractivity contribution in [2.45, 2.75) is 6.54 Å². The number of nitrogens with zero attached hydrogens (tertiary/aromatic N) is 1. The van der Waals surface area contributed by atoms with Crippen LogP contribution in [-0.2, 0) is 6.54 Å². The number of hydrogen-bond donors (Lipinski definition) is 0. The van der Waals surface area contributed by atoms with Gasteiger partial charge in [0.1, 0.15) is 0 Å². The fourth-order valence-corrected chi connectivity index (χ4v) is 3.26. The Balaban J connectivity index is 1.93. The van der Waals surface area contributed by atoms with Crippen LogP contribution in [-0.4, -0.2) is 6.54 Å². The van der Waals surface area contributed by atoms with Crippen LogP contribution in [0.5, 0.6) is 0 Å². The molecule has 1 aliphatic heterocycles. The zero-order valence-corrected chi connectivity index (χ0v) is 14.0. The molecule has 110 valence electrons. The summed E-state index contributed by atoms with van der Waals surface area (Å²) in [5, 5.41) is 0. The SMILES string of the molecule is C=C/C=C\C=C(/Br)CN1Cc2ccccc2-c2ccccc21. The quantitative estimate of drug-likeness (QED) is 0.639. The average molecular weight is 352 g/mol. The molecule has 0 saturated carbocycles. The average Bonchev–Trinajstić information content (AvgIpc) is 2.55. The van der Waals surface area contributed by atoms with Gasteiger partial charge in [-0.3, -0.25) is 0 Å². The number of allylic oxidation sites excluding steroid dienone is 4. The molecule has 0 spiro atoms. The van der Waals surface area contributed by atoms with Crippen molar-refractivity contribution in [3.05, 3.63) is 89.5 Å². The van der Waals surface area contributed by atoms with E-state index in [9.17, 15) is 0 Å². The van der Waals surface area contributed by atoms with E-state index in [2.05, 4.69) is 82.0 Å². The fourth-order valence-electron chi connectivity index (χ4n) is 2.80. The smallest absolute Gasteiger partial charge is 0.0499 e. The molecule has 2 aromatic carbocycles. The van der Waals surface area contributed by atoms with Gasteiger partial charge >= 0.3 is 0 Å². The first-order valence-corrected chi connectivity index (χ1v) is 8.15. The van der Waals surface area contributed by atoms with Crippen molar-refractivity contribution in [3.8, 4) is 11.1 Å². The van der Waals surface area contributed by atoms with E-state index in [0.717, 1.165) is 17.6 Å². The summed E-state index contributed by atoms with van der Waals surface area (Å²) in [6.07, 6.45) is 7.79. The van der Waals surface area contributed by atoms with Crippen molar-refractivity contribution in [1.29, 1.82) is 0 Å². The second-order valence-corrected chi connectivity index (χ2v) is 6.28. The fraction of sp³-hybridized carbons (Fsp3) is 0.100. The van der Waals surface area contributed by atoms with Gasteiger partial charge in [-0.15, -0.1) is 0 Å². The van der Waals surface area contributed by atoms with Crippen LogP contribution in [0.2, 0.25) is 0 Å². The number of hydrogen-bond acceptors (Lipinski definition) is 1. The molecule has 0 bridgehead atoms. The van der Waals surface area contributed by atoms with E-state index in [1.807, 2.05) is 12.2 Å². The van der Waals surface area contributed by atoms with Crippen molar-refractivity contribution in [2.24, 2.45) is 0 Å². The number of para-hydroxylation sites is 1. The van der Waals surface area contributed by atoms with Crippen molar-refractivity contribution >= 4 is 21.6 Å². The molecule has 2 aromatic rings. The van der Waals surface area contributed by atoms with Crippen molar-refractivity contribution < 1.29 is 0 Å². The summed E-state index contributed by atoms with van der Waals surface area (Å²) in [6.45, 7) is 5.47. The molecule has 0 aliphatic carbocycles. The molecule has 0 radical (unpaired) electrons. The highest BCUT2D eigenvalue weighted by molar-refractivity contribution is 9.11. The van der Waals surface area contributed by atoms with Gasteiger partial charge in [0.15, 0.2) is 0 Å². The van der Waals surface area contributed by atoms with Crippen LogP contribution in [0.25, 0.3) is 11.1 Å². The molecule has 22 heavy (non-hydrogen) atoms. The highest BCUT2D eigenvalue weighted by Crippen LogP contribution is 2.39. The van der Waals surface area contributed by atoms with Gasteiger partial charge < -0.3 is 4.90 Å². The Morgan fingerprint density at radius 1 is 1.05 bits per heavy atom. The first kappa shape index (κ1) is 14.9. The van der Waals surface area contributed by atoms with Crippen LogP contribution < -0.4 is 4.90 Å². The van der Waals surface area contributed by atoms with Crippen LogP contribution in [0.1, 0.15) is 5.56 Å². The minimum atomic E-state index is 0.854. The first-order valence-electron chi connectivity index (χ1n) is 7.35. The highest BCUT2D eigenvalue weighted by Gasteiger charge is 2.21. The molecule has 1 aliphatic rings. The molecule has 0 saturated heterocycles. The van der Waals surface area contributed by atoms with Crippen LogP contribution in [0, 0.1) is 0 Å². The third kappa shape index (κ3) is 3.07. The lowest BCUT2D eigenvalue weighted by atomic mass is 9.93. The second kappa shape index (κ2) is 6.80. The van der Waals surface area contributed by atoms with Crippen LogP contribution in [0.3, 0.4) is 0 Å². The van der Waals surface area contributed by atoms with E-state index < -0.39 is 0 Å². The molecular weight excluding hydrogens is 334 g/mol. The van der Waals surface area contributed by atoms with Crippen LogP contribution >= 0.6 is 15.9 Å². The lowest BCUT2D eigenvalue weighted by Crippen LogP contribution is -2.27. The lowest BCUT2D eigenvalue weighted by molar-refractivity contribution is 0.853. The minimum Gasteiger partial charge on any atom is -0.362 e. The predicted octanol–water partition coefficient (Wildman–Crippen LogP) is 5.69. The molecule has 2 heteroatoms. The van der Waals surface area contributed by atoms with Crippen LogP contribution in [0.15, 0.2) is 83.9 Å². The van der Waals surface area contributed by atoms with E-state index in [1.165, 1.54) is 22.4 Å². The summed E-state index contributed by atoms with van der Waals surface area (Å²) in [6, 6.07) is 17.3. The van der Waals surface area contributed by atoms with Crippen LogP contribution in [0.4, 0.5) is 5.69 Å². The maximum absolute atomic E-state index is 3.69. The standard InChI is InChI=1S/C20H18BrN/c1-2-3-4-10-17(21)15-22-14-16-9-5-6-11-18(16)19-12-7-8-13-20(19)22/h2-13H,1,14-15H2/b4-3-,17-10-. The van der Waals surface area contributed by atoms with E-state index in [0.29, 0.717) is 0 Å². The molecule has 1 nitrogen and oxygen atoms in total. The number of anilines is 1. The monoisotopic (exact) mass is 351 g/mol. The summed E-state index contributed by atoms with van der Waals surface area (Å²) in [5.74, 6) is 0. The summed E-state index contributed by atoms with van der Waals surface area (Å²) in [5.41, 5.74) is 5.33. The molecule has 0 amide bonds. The number of halogens is 1. The van der Waals surface area contributed by atoms with Crippen molar-refractivity contribution in [1.82, 2.24) is 0 Å². The summed E-state index contributed by atoms with van der Waals surface area (Å²) < 4.78 is 1.15. The van der Waals surface area contributed by atoms with E-state index in [-0.39, 0.29) is 0 Å². The Morgan fingerprint density at radius 2 is 1.77 bits per heavy atom.